The highest BCUT2D eigenvalue weighted by Crippen LogP contribution is 2.17. The standard InChI is InChI=1S/C15H25ClN2/c1-4-5-10-17-11-13(2)18(3)12-14-8-6-7-9-15(14)16/h6-9,13,17H,4-5,10-12H2,1-3H3. The second-order valence-corrected chi connectivity index (χ2v) is 5.32. The SMILES string of the molecule is CCCCNCC(C)N(C)Cc1ccccc1Cl. The maximum Gasteiger partial charge on any atom is 0.0451 e. The van der Waals surface area contributed by atoms with Crippen molar-refractivity contribution in [3.63, 3.8) is 0 Å². The molecule has 1 aromatic carbocycles. The Morgan fingerprint density at radius 3 is 2.72 bits per heavy atom. The van der Waals surface area contributed by atoms with E-state index in [-0.39, 0.29) is 0 Å². The van der Waals surface area contributed by atoms with Crippen molar-refractivity contribution in [1.82, 2.24) is 10.2 Å². The Hall–Kier alpha value is -0.570. The zero-order valence-electron chi connectivity index (χ0n) is 11.7. The van der Waals surface area contributed by atoms with Crippen LogP contribution in [0.2, 0.25) is 5.02 Å². The zero-order chi connectivity index (χ0) is 13.4. The van der Waals surface area contributed by atoms with Crippen LogP contribution in [0.15, 0.2) is 24.3 Å². The van der Waals surface area contributed by atoms with Crippen LogP contribution in [-0.2, 0) is 6.54 Å². The van der Waals surface area contributed by atoms with Gasteiger partial charge in [-0.25, -0.2) is 0 Å². The van der Waals surface area contributed by atoms with Gasteiger partial charge in [-0.15, -0.1) is 0 Å². The van der Waals surface area contributed by atoms with E-state index in [9.17, 15) is 0 Å². The van der Waals surface area contributed by atoms with Crippen LogP contribution in [0.25, 0.3) is 0 Å². The van der Waals surface area contributed by atoms with E-state index in [0.717, 1.165) is 24.7 Å². The third kappa shape index (κ3) is 5.38. The summed E-state index contributed by atoms with van der Waals surface area (Å²) in [6.07, 6.45) is 2.50. The van der Waals surface area contributed by atoms with Crippen molar-refractivity contribution in [3.05, 3.63) is 34.9 Å². The van der Waals surface area contributed by atoms with Crippen molar-refractivity contribution in [2.24, 2.45) is 0 Å². The lowest BCUT2D eigenvalue weighted by molar-refractivity contribution is 0.243. The van der Waals surface area contributed by atoms with E-state index in [1.54, 1.807) is 0 Å². The Labute approximate surface area is 116 Å². The van der Waals surface area contributed by atoms with Gasteiger partial charge in [-0.1, -0.05) is 43.1 Å². The highest BCUT2D eigenvalue weighted by Gasteiger charge is 2.10. The first-order valence-corrected chi connectivity index (χ1v) is 7.17. The van der Waals surface area contributed by atoms with Gasteiger partial charge in [0.05, 0.1) is 0 Å². The minimum absolute atomic E-state index is 0.512. The first kappa shape index (κ1) is 15.5. The highest BCUT2D eigenvalue weighted by molar-refractivity contribution is 6.31. The van der Waals surface area contributed by atoms with Crippen LogP contribution in [-0.4, -0.2) is 31.1 Å². The van der Waals surface area contributed by atoms with Crippen molar-refractivity contribution >= 4 is 11.6 Å². The largest absolute Gasteiger partial charge is 0.315 e. The molecule has 0 radical (unpaired) electrons. The Bertz CT molecular complexity index is 341. The number of hydrogen-bond acceptors (Lipinski definition) is 2. The summed E-state index contributed by atoms with van der Waals surface area (Å²) in [5.74, 6) is 0. The van der Waals surface area contributed by atoms with Crippen molar-refractivity contribution < 1.29 is 0 Å². The number of nitrogens with one attached hydrogen (secondary N) is 1. The predicted octanol–water partition coefficient (Wildman–Crippen LogP) is 3.55. The summed E-state index contributed by atoms with van der Waals surface area (Å²) < 4.78 is 0. The third-order valence-electron chi connectivity index (χ3n) is 3.28. The van der Waals surface area contributed by atoms with Crippen molar-refractivity contribution in [2.45, 2.75) is 39.3 Å². The molecule has 0 aliphatic carbocycles. The predicted molar refractivity (Wildman–Crippen MR) is 80.2 cm³/mol. The molecule has 1 unspecified atom stereocenters. The van der Waals surface area contributed by atoms with Crippen molar-refractivity contribution in [1.29, 1.82) is 0 Å². The molecule has 18 heavy (non-hydrogen) atoms. The molecule has 1 aromatic rings. The molecule has 1 atom stereocenters. The average molecular weight is 269 g/mol. The molecule has 0 fully saturated rings. The second kappa shape index (κ2) is 8.52. The van der Waals surface area contributed by atoms with E-state index in [1.165, 1.54) is 18.4 Å². The maximum atomic E-state index is 6.18. The van der Waals surface area contributed by atoms with Gasteiger partial charge >= 0.3 is 0 Å². The molecule has 0 spiro atoms. The van der Waals surface area contributed by atoms with Crippen LogP contribution in [0, 0.1) is 0 Å². The Morgan fingerprint density at radius 2 is 2.06 bits per heavy atom. The number of rotatable bonds is 8. The van der Waals surface area contributed by atoms with Gasteiger partial charge in [0, 0.05) is 24.2 Å². The lowest BCUT2D eigenvalue weighted by Crippen LogP contribution is -2.37. The molecular formula is C15H25ClN2. The Kier molecular flexibility index (Phi) is 7.33. The lowest BCUT2D eigenvalue weighted by Gasteiger charge is -2.25. The van der Waals surface area contributed by atoms with Gasteiger partial charge in [0.15, 0.2) is 0 Å². The number of halogens is 1. The van der Waals surface area contributed by atoms with Gasteiger partial charge in [-0.05, 0) is 38.6 Å². The van der Waals surface area contributed by atoms with Crippen LogP contribution in [0.5, 0.6) is 0 Å². The smallest absolute Gasteiger partial charge is 0.0451 e. The summed E-state index contributed by atoms with van der Waals surface area (Å²) in [6, 6.07) is 8.57. The summed E-state index contributed by atoms with van der Waals surface area (Å²) in [7, 11) is 2.15. The van der Waals surface area contributed by atoms with Crippen molar-refractivity contribution in [3.8, 4) is 0 Å². The Balaban J connectivity index is 2.35. The normalized spacial score (nSPS) is 12.9. The molecule has 0 aliphatic rings. The molecule has 2 nitrogen and oxygen atoms in total. The monoisotopic (exact) mass is 268 g/mol. The van der Waals surface area contributed by atoms with E-state index >= 15 is 0 Å². The molecule has 0 saturated heterocycles. The summed E-state index contributed by atoms with van der Waals surface area (Å²) >= 11 is 6.18. The van der Waals surface area contributed by atoms with E-state index < -0.39 is 0 Å². The maximum absolute atomic E-state index is 6.18. The molecule has 0 bridgehead atoms. The fourth-order valence-corrected chi connectivity index (χ4v) is 2.02. The van der Waals surface area contributed by atoms with Crippen LogP contribution in [0.3, 0.4) is 0 Å². The lowest BCUT2D eigenvalue weighted by atomic mass is 10.2. The third-order valence-corrected chi connectivity index (χ3v) is 3.65. The first-order valence-electron chi connectivity index (χ1n) is 6.79. The fourth-order valence-electron chi connectivity index (χ4n) is 1.82. The topological polar surface area (TPSA) is 15.3 Å². The fraction of sp³-hybridized carbons (Fsp3) is 0.600. The molecule has 3 heteroatoms. The van der Waals surface area contributed by atoms with E-state index in [2.05, 4.69) is 37.2 Å². The molecule has 1 rings (SSSR count). The number of nitrogens with zero attached hydrogens (tertiary/aromatic N) is 1. The average Bonchev–Trinajstić information content (AvgIpc) is 2.37. The molecule has 102 valence electrons. The summed E-state index contributed by atoms with van der Waals surface area (Å²) in [5.41, 5.74) is 1.20. The van der Waals surface area contributed by atoms with Crippen LogP contribution >= 0.6 is 11.6 Å². The minimum Gasteiger partial charge on any atom is -0.315 e. The van der Waals surface area contributed by atoms with E-state index in [4.69, 9.17) is 11.6 Å². The first-order chi connectivity index (χ1) is 8.65. The minimum atomic E-state index is 0.512. The molecule has 0 amide bonds. The number of likely N-dealkylation sites (N-methyl/N-ethyl adjacent to an activating group) is 1. The van der Waals surface area contributed by atoms with Gasteiger partial charge in [-0.2, -0.15) is 0 Å². The van der Waals surface area contributed by atoms with Crippen LogP contribution in [0.4, 0.5) is 0 Å². The van der Waals surface area contributed by atoms with Crippen LogP contribution < -0.4 is 5.32 Å². The van der Waals surface area contributed by atoms with Gasteiger partial charge in [-0.3, -0.25) is 4.90 Å². The zero-order valence-corrected chi connectivity index (χ0v) is 12.5. The van der Waals surface area contributed by atoms with E-state index in [1.807, 2.05) is 18.2 Å². The summed E-state index contributed by atoms with van der Waals surface area (Å²) in [6.45, 7) is 7.50. The quantitative estimate of drug-likeness (QED) is 0.726. The molecule has 0 heterocycles. The number of unbranched alkanes of at least 4 members (excludes halogenated alkanes) is 1. The second-order valence-electron chi connectivity index (χ2n) is 4.91. The van der Waals surface area contributed by atoms with Crippen molar-refractivity contribution in [2.75, 3.05) is 20.1 Å². The number of benzene rings is 1. The molecule has 0 saturated carbocycles. The van der Waals surface area contributed by atoms with Gasteiger partial charge in [0.25, 0.3) is 0 Å². The Morgan fingerprint density at radius 1 is 1.33 bits per heavy atom. The van der Waals surface area contributed by atoms with Crippen LogP contribution in [0.1, 0.15) is 32.3 Å². The highest BCUT2D eigenvalue weighted by atomic mass is 35.5. The summed E-state index contributed by atoms with van der Waals surface area (Å²) in [5, 5.41) is 4.35. The summed E-state index contributed by atoms with van der Waals surface area (Å²) in [4.78, 5) is 2.33. The molecule has 1 N–H and O–H groups in total. The number of hydrogen-bond donors (Lipinski definition) is 1. The molecule has 0 aliphatic heterocycles. The molecule has 0 aromatic heterocycles. The van der Waals surface area contributed by atoms with Gasteiger partial charge in [0.2, 0.25) is 0 Å². The van der Waals surface area contributed by atoms with Gasteiger partial charge < -0.3 is 5.32 Å². The van der Waals surface area contributed by atoms with Gasteiger partial charge in [0.1, 0.15) is 0 Å². The molecular weight excluding hydrogens is 244 g/mol. The van der Waals surface area contributed by atoms with E-state index in [0.29, 0.717) is 6.04 Å².